The van der Waals surface area contributed by atoms with Crippen LogP contribution in [-0.2, 0) is 19.5 Å². The molecule has 0 atom stereocenters. The SMILES string of the molecule is CC(C)O.CC(C)O.CC(C)O.CC(C)O.[Zn]. The minimum absolute atomic E-state index is 0. The zero-order chi connectivity index (χ0) is 14.3. The first-order valence-electron chi connectivity index (χ1n) is 5.65. The van der Waals surface area contributed by atoms with E-state index in [2.05, 4.69) is 0 Å². The molecule has 0 aliphatic rings. The van der Waals surface area contributed by atoms with Crippen molar-refractivity contribution in [2.45, 2.75) is 79.8 Å². The smallest absolute Gasteiger partial charge is 0.0483 e. The second kappa shape index (κ2) is 25.3. The third-order valence-electron chi connectivity index (χ3n) is 0. The Morgan fingerprint density at radius 3 is 0.412 bits per heavy atom. The van der Waals surface area contributed by atoms with E-state index in [1.54, 1.807) is 55.4 Å². The Bertz CT molecular complexity index is 61.5. The second-order valence-electron chi connectivity index (χ2n) is 4.37. The minimum Gasteiger partial charge on any atom is -0.394 e. The monoisotopic (exact) mass is 304 g/mol. The number of aliphatic hydroxyl groups is 4. The van der Waals surface area contributed by atoms with E-state index >= 15 is 0 Å². The van der Waals surface area contributed by atoms with Crippen LogP contribution in [0.3, 0.4) is 0 Å². The van der Waals surface area contributed by atoms with Crippen LogP contribution in [0.25, 0.3) is 0 Å². The van der Waals surface area contributed by atoms with E-state index in [4.69, 9.17) is 20.4 Å². The zero-order valence-electron chi connectivity index (χ0n) is 12.8. The van der Waals surface area contributed by atoms with Crippen molar-refractivity contribution in [3.63, 3.8) is 0 Å². The van der Waals surface area contributed by atoms with Gasteiger partial charge in [-0.25, -0.2) is 0 Å². The maximum atomic E-state index is 8.06. The van der Waals surface area contributed by atoms with Crippen molar-refractivity contribution in [1.29, 1.82) is 0 Å². The summed E-state index contributed by atoms with van der Waals surface area (Å²) in [5.41, 5.74) is 0. The van der Waals surface area contributed by atoms with E-state index in [1.165, 1.54) is 0 Å². The maximum absolute atomic E-state index is 8.06. The average Bonchev–Trinajstić information content (AvgIpc) is 1.76. The summed E-state index contributed by atoms with van der Waals surface area (Å²) in [5, 5.41) is 32.2. The third kappa shape index (κ3) is 16000. The van der Waals surface area contributed by atoms with Gasteiger partial charge in [0.1, 0.15) is 0 Å². The molecule has 0 rings (SSSR count). The molecule has 0 aromatic heterocycles. The standard InChI is InChI=1S/4C3H8O.Zn/c4*1-3(2)4;/h4*3-4H,1-2H3;. The fraction of sp³-hybridized carbons (Fsp3) is 1.00. The van der Waals surface area contributed by atoms with Gasteiger partial charge < -0.3 is 20.4 Å². The number of hydrogen-bond donors (Lipinski definition) is 4. The molecule has 0 heterocycles. The first-order chi connectivity index (χ1) is 6.93. The van der Waals surface area contributed by atoms with Crippen LogP contribution in [0.2, 0.25) is 0 Å². The summed E-state index contributed by atoms with van der Waals surface area (Å²) >= 11 is 0. The summed E-state index contributed by atoms with van der Waals surface area (Å²) in [5.74, 6) is 0. The summed E-state index contributed by atoms with van der Waals surface area (Å²) < 4.78 is 0. The van der Waals surface area contributed by atoms with Gasteiger partial charge in [-0.05, 0) is 55.4 Å². The molecule has 0 bridgehead atoms. The van der Waals surface area contributed by atoms with Crippen LogP contribution in [0.5, 0.6) is 0 Å². The summed E-state index contributed by atoms with van der Waals surface area (Å²) in [4.78, 5) is 0. The van der Waals surface area contributed by atoms with Gasteiger partial charge in [-0.15, -0.1) is 0 Å². The van der Waals surface area contributed by atoms with Crippen molar-refractivity contribution < 1.29 is 39.9 Å². The van der Waals surface area contributed by atoms with Crippen LogP contribution < -0.4 is 0 Å². The molecule has 0 aliphatic carbocycles. The maximum Gasteiger partial charge on any atom is 0.0483 e. The first kappa shape index (κ1) is 30.5. The van der Waals surface area contributed by atoms with Crippen molar-refractivity contribution in [1.82, 2.24) is 0 Å². The van der Waals surface area contributed by atoms with Gasteiger partial charge in [0.2, 0.25) is 0 Å². The molecule has 5 heteroatoms. The molecule has 0 fully saturated rings. The molecule has 0 unspecified atom stereocenters. The summed E-state index contributed by atoms with van der Waals surface area (Å²) in [7, 11) is 0. The van der Waals surface area contributed by atoms with Crippen LogP contribution in [0.15, 0.2) is 0 Å². The quantitative estimate of drug-likeness (QED) is 0.512. The Morgan fingerprint density at radius 1 is 0.412 bits per heavy atom. The van der Waals surface area contributed by atoms with E-state index < -0.39 is 0 Å². The van der Waals surface area contributed by atoms with Gasteiger partial charge in [-0.1, -0.05) is 0 Å². The number of rotatable bonds is 0. The van der Waals surface area contributed by atoms with E-state index in [-0.39, 0.29) is 43.9 Å². The molecule has 0 amide bonds. The normalized spacial score (nSPS) is 8.47. The predicted octanol–water partition coefficient (Wildman–Crippen LogP) is 1.55. The molecule has 17 heavy (non-hydrogen) atoms. The topological polar surface area (TPSA) is 80.9 Å². The molecule has 4 N–H and O–H groups in total. The summed E-state index contributed by atoms with van der Waals surface area (Å²) in [6, 6.07) is 0. The second-order valence-corrected chi connectivity index (χ2v) is 4.37. The fourth-order valence-corrected chi connectivity index (χ4v) is 0. The molecule has 0 saturated heterocycles. The summed E-state index contributed by atoms with van der Waals surface area (Å²) in [6.45, 7) is 13.8. The Morgan fingerprint density at radius 2 is 0.412 bits per heavy atom. The Labute approximate surface area is 120 Å². The van der Waals surface area contributed by atoms with Gasteiger partial charge in [0.05, 0.1) is 0 Å². The molecule has 4 nitrogen and oxygen atoms in total. The van der Waals surface area contributed by atoms with Crippen molar-refractivity contribution >= 4 is 0 Å². The van der Waals surface area contributed by atoms with Crippen molar-refractivity contribution in [2.75, 3.05) is 0 Å². The van der Waals surface area contributed by atoms with E-state index in [0.717, 1.165) is 0 Å². The number of aliphatic hydroxyl groups excluding tert-OH is 4. The van der Waals surface area contributed by atoms with Gasteiger partial charge >= 0.3 is 0 Å². The molecule has 0 radical (unpaired) electrons. The van der Waals surface area contributed by atoms with Crippen molar-refractivity contribution in [2.24, 2.45) is 0 Å². The summed E-state index contributed by atoms with van der Waals surface area (Å²) in [6.07, 6.45) is -0.667. The van der Waals surface area contributed by atoms with E-state index in [9.17, 15) is 0 Å². The van der Waals surface area contributed by atoms with Crippen molar-refractivity contribution in [3.05, 3.63) is 0 Å². The Balaban J connectivity index is -0.0000000369. The molecular weight excluding hydrogens is 274 g/mol. The molecule has 0 aromatic carbocycles. The van der Waals surface area contributed by atoms with Gasteiger partial charge in [-0.3, -0.25) is 0 Å². The minimum atomic E-state index is -0.167. The third-order valence-corrected chi connectivity index (χ3v) is 0. The average molecular weight is 306 g/mol. The first-order valence-corrected chi connectivity index (χ1v) is 5.65. The van der Waals surface area contributed by atoms with Gasteiger partial charge in [0.25, 0.3) is 0 Å². The van der Waals surface area contributed by atoms with Crippen LogP contribution in [0.4, 0.5) is 0 Å². The van der Waals surface area contributed by atoms with E-state index in [0.29, 0.717) is 0 Å². The largest absolute Gasteiger partial charge is 0.394 e. The van der Waals surface area contributed by atoms with Crippen LogP contribution in [0.1, 0.15) is 55.4 Å². The predicted molar refractivity (Wildman–Crippen MR) is 69.4 cm³/mol. The van der Waals surface area contributed by atoms with Crippen LogP contribution in [-0.4, -0.2) is 44.8 Å². The molecule has 0 aliphatic heterocycles. The molecule has 0 aromatic rings. The van der Waals surface area contributed by atoms with E-state index in [1.807, 2.05) is 0 Å². The zero-order valence-corrected chi connectivity index (χ0v) is 15.8. The molecule has 0 spiro atoms. The van der Waals surface area contributed by atoms with Gasteiger partial charge in [-0.2, -0.15) is 0 Å². The molecule has 0 saturated carbocycles. The van der Waals surface area contributed by atoms with Gasteiger partial charge in [0.15, 0.2) is 0 Å². The van der Waals surface area contributed by atoms with Crippen molar-refractivity contribution in [3.8, 4) is 0 Å². The Kier molecular flexibility index (Phi) is 45.4. The molecule has 106 valence electrons. The number of hydrogen-bond acceptors (Lipinski definition) is 4. The fourth-order valence-electron chi connectivity index (χ4n) is 0. The molecular formula is C12H32O4Zn. The Hall–Kier alpha value is 0.463. The van der Waals surface area contributed by atoms with Crippen LogP contribution >= 0.6 is 0 Å². The van der Waals surface area contributed by atoms with Crippen LogP contribution in [0, 0.1) is 0 Å². The van der Waals surface area contributed by atoms with Gasteiger partial charge in [0, 0.05) is 43.9 Å².